The van der Waals surface area contributed by atoms with Gasteiger partial charge in [-0.05, 0) is 50.5 Å². The van der Waals surface area contributed by atoms with E-state index in [1.165, 1.54) is 19.3 Å². The maximum atomic E-state index is 15.0. The number of rotatable bonds is 3. The van der Waals surface area contributed by atoms with Gasteiger partial charge in [0, 0.05) is 42.3 Å². The van der Waals surface area contributed by atoms with Gasteiger partial charge in [-0.3, -0.25) is 4.68 Å². The average molecular weight is 451 g/mol. The molecule has 1 aromatic heterocycles. The number of hydrogen-bond acceptors (Lipinski definition) is 2. The number of halogens is 5. The second-order valence-corrected chi connectivity index (χ2v) is 8.75. The summed E-state index contributed by atoms with van der Waals surface area (Å²) in [4.78, 5) is 2.24. The van der Waals surface area contributed by atoms with E-state index in [1.54, 1.807) is 11.7 Å². The number of alkyl halides is 3. The van der Waals surface area contributed by atoms with Crippen LogP contribution >= 0.6 is 0 Å². The third-order valence-electron chi connectivity index (χ3n) is 6.65. The molecule has 0 amide bonds. The summed E-state index contributed by atoms with van der Waals surface area (Å²) < 4.78 is 70.8. The SMILES string of the molecule is Cc1c(F)c(-c2nn(C)c3cc(N(C)C4CCCCC4)cc(C)c23)cc(C(F)(F)F)c1F. The Labute approximate surface area is 183 Å². The third-order valence-corrected chi connectivity index (χ3v) is 6.65. The van der Waals surface area contributed by atoms with Gasteiger partial charge in [0.05, 0.1) is 11.1 Å². The molecule has 0 aliphatic heterocycles. The lowest BCUT2D eigenvalue weighted by atomic mass is 9.93. The highest BCUT2D eigenvalue weighted by Crippen LogP contribution is 2.40. The molecular weight excluding hydrogens is 425 g/mol. The maximum Gasteiger partial charge on any atom is 0.419 e. The van der Waals surface area contributed by atoms with Crippen LogP contribution < -0.4 is 4.90 Å². The molecule has 8 heteroatoms. The number of aromatic nitrogens is 2. The van der Waals surface area contributed by atoms with Gasteiger partial charge in [-0.25, -0.2) is 8.78 Å². The Kier molecular flexibility index (Phi) is 5.67. The van der Waals surface area contributed by atoms with Crippen LogP contribution in [0.15, 0.2) is 18.2 Å². The van der Waals surface area contributed by atoms with E-state index in [1.807, 2.05) is 26.1 Å². The van der Waals surface area contributed by atoms with Crippen molar-refractivity contribution in [2.45, 2.75) is 58.2 Å². The fourth-order valence-electron chi connectivity index (χ4n) is 4.79. The molecule has 0 radical (unpaired) electrons. The molecule has 0 atom stereocenters. The fraction of sp³-hybridized carbons (Fsp3) is 0.458. The van der Waals surface area contributed by atoms with Crippen molar-refractivity contribution < 1.29 is 22.0 Å². The van der Waals surface area contributed by atoms with E-state index in [0.717, 1.165) is 31.0 Å². The first kappa shape index (κ1) is 22.6. The number of hydrogen-bond donors (Lipinski definition) is 0. The van der Waals surface area contributed by atoms with Gasteiger partial charge in [0.15, 0.2) is 0 Å². The van der Waals surface area contributed by atoms with Crippen LogP contribution in [0.1, 0.15) is 48.8 Å². The molecular formula is C24H26F5N3. The van der Waals surface area contributed by atoms with E-state index in [9.17, 15) is 22.0 Å². The quantitative estimate of drug-likeness (QED) is 0.403. The lowest BCUT2D eigenvalue weighted by molar-refractivity contribution is -0.140. The van der Waals surface area contributed by atoms with Crippen LogP contribution in [0.5, 0.6) is 0 Å². The third kappa shape index (κ3) is 3.73. The molecule has 1 fully saturated rings. The Morgan fingerprint density at radius 3 is 2.28 bits per heavy atom. The molecule has 3 nitrogen and oxygen atoms in total. The molecule has 1 aliphatic carbocycles. The van der Waals surface area contributed by atoms with Crippen LogP contribution in [0.4, 0.5) is 27.6 Å². The van der Waals surface area contributed by atoms with Crippen molar-refractivity contribution in [1.82, 2.24) is 9.78 Å². The van der Waals surface area contributed by atoms with Crippen molar-refractivity contribution in [2.75, 3.05) is 11.9 Å². The average Bonchev–Trinajstić information content (AvgIpc) is 3.08. The van der Waals surface area contributed by atoms with Gasteiger partial charge in [-0.15, -0.1) is 0 Å². The summed E-state index contributed by atoms with van der Waals surface area (Å²) in [5, 5.41) is 4.92. The summed E-state index contributed by atoms with van der Waals surface area (Å²) >= 11 is 0. The summed E-state index contributed by atoms with van der Waals surface area (Å²) in [5.74, 6) is -2.62. The highest BCUT2D eigenvalue weighted by molar-refractivity contribution is 5.98. The van der Waals surface area contributed by atoms with Crippen LogP contribution in [0.2, 0.25) is 0 Å². The van der Waals surface area contributed by atoms with Crippen molar-refractivity contribution in [1.29, 1.82) is 0 Å². The number of nitrogens with zero attached hydrogens (tertiary/aromatic N) is 3. The van der Waals surface area contributed by atoms with Crippen molar-refractivity contribution in [2.24, 2.45) is 7.05 Å². The molecule has 1 aliphatic rings. The highest BCUT2D eigenvalue weighted by Gasteiger charge is 2.37. The van der Waals surface area contributed by atoms with E-state index in [4.69, 9.17) is 0 Å². The number of benzene rings is 2. The molecule has 172 valence electrons. The summed E-state index contributed by atoms with van der Waals surface area (Å²) in [7, 11) is 3.72. The molecule has 4 rings (SSSR count). The molecule has 0 bridgehead atoms. The Bertz CT molecular complexity index is 1170. The Balaban J connectivity index is 1.88. The largest absolute Gasteiger partial charge is 0.419 e. The first-order chi connectivity index (χ1) is 15.0. The van der Waals surface area contributed by atoms with Gasteiger partial charge in [-0.1, -0.05) is 19.3 Å². The van der Waals surface area contributed by atoms with Gasteiger partial charge in [0.2, 0.25) is 0 Å². The van der Waals surface area contributed by atoms with Gasteiger partial charge < -0.3 is 4.90 Å². The van der Waals surface area contributed by atoms with Gasteiger partial charge in [0.1, 0.15) is 17.3 Å². The minimum Gasteiger partial charge on any atom is -0.372 e. The van der Waals surface area contributed by atoms with E-state index < -0.39 is 28.9 Å². The van der Waals surface area contributed by atoms with E-state index in [0.29, 0.717) is 23.0 Å². The second-order valence-electron chi connectivity index (χ2n) is 8.75. The van der Waals surface area contributed by atoms with Crippen LogP contribution in [0.3, 0.4) is 0 Å². The predicted molar refractivity (Wildman–Crippen MR) is 116 cm³/mol. The van der Waals surface area contributed by atoms with Crippen LogP contribution in [-0.2, 0) is 13.2 Å². The van der Waals surface area contributed by atoms with E-state index in [2.05, 4.69) is 10.00 Å². The first-order valence-corrected chi connectivity index (χ1v) is 10.8. The summed E-state index contributed by atoms with van der Waals surface area (Å²) in [5.41, 5.74) is 0.0294. The summed E-state index contributed by atoms with van der Waals surface area (Å²) in [6.45, 7) is 2.85. The number of aryl methyl sites for hydroxylation is 2. The molecule has 1 heterocycles. The summed E-state index contributed by atoms with van der Waals surface area (Å²) in [6.07, 6.45) is 0.922. The lowest BCUT2D eigenvalue weighted by Gasteiger charge is -2.33. The zero-order valence-corrected chi connectivity index (χ0v) is 18.6. The van der Waals surface area contributed by atoms with Crippen molar-refractivity contribution in [3.63, 3.8) is 0 Å². The van der Waals surface area contributed by atoms with Crippen molar-refractivity contribution in [3.05, 3.63) is 46.5 Å². The fourth-order valence-corrected chi connectivity index (χ4v) is 4.79. The van der Waals surface area contributed by atoms with Crippen molar-refractivity contribution in [3.8, 4) is 11.3 Å². The Hall–Kier alpha value is -2.64. The molecule has 3 aromatic rings. The molecule has 32 heavy (non-hydrogen) atoms. The maximum absolute atomic E-state index is 15.0. The molecule has 0 saturated heterocycles. The Morgan fingerprint density at radius 1 is 1.00 bits per heavy atom. The van der Waals surface area contributed by atoms with E-state index >= 15 is 0 Å². The van der Waals surface area contributed by atoms with E-state index in [-0.39, 0.29) is 11.3 Å². The zero-order chi connectivity index (χ0) is 23.4. The van der Waals surface area contributed by atoms with Gasteiger partial charge in [0.25, 0.3) is 0 Å². The number of anilines is 1. The Morgan fingerprint density at radius 2 is 1.66 bits per heavy atom. The minimum atomic E-state index is -4.94. The monoisotopic (exact) mass is 451 g/mol. The predicted octanol–water partition coefficient (Wildman–Crippen LogP) is 6.92. The van der Waals surface area contributed by atoms with Crippen LogP contribution in [0.25, 0.3) is 22.2 Å². The molecule has 1 saturated carbocycles. The topological polar surface area (TPSA) is 21.1 Å². The molecule has 0 spiro atoms. The normalized spacial score (nSPS) is 15.5. The van der Waals surface area contributed by atoms with Gasteiger partial charge >= 0.3 is 6.18 Å². The smallest absolute Gasteiger partial charge is 0.372 e. The molecule has 0 N–H and O–H groups in total. The summed E-state index contributed by atoms with van der Waals surface area (Å²) in [6, 6.07) is 4.86. The standard InChI is InChI=1S/C24H26F5N3/c1-13-10-16(31(3)15-8-6-5-7-9-15)11-19-20(13)23(30-32(19)4)17-12-18(24(27,28)29)22(26)14(2)21(17)25/h10-12,15H,5-9H2,1-4H3. The van der Waals surface area contributed by atoms with Crippen LogP contribution in [0, 0.1) is 25.5 Å². The van der Waals surface area contributed by atoms with Gasteiger partial charge in [-0.2, -0.15) is 18.3 Å². The first-order valence-electron chi connectivity index (χ1n) is 10.8. The lowest BCUT2D eigenvalue weighted by Crippen LogP contribution is -2.33. The van der Waals surface area contributed by atoms with Crippen LogP contribution in [-0.4, -0.2) is 22.9 Å². The zero-order valence-electron chi connectivity index (χ0n) is 18.6. The second kappa shape index (κ2) is 8.05. The highest BCUT2D eigenvalue weighted by atomic mass is 19.4. The molecule has 2 aromatic carbocycles. The number of fused-ring (bicyclic) bond motifs is 1. The van der Waals surface area contributed by atoms with Crippen molar-refractivity contribution >= 4 is 16.6 Å². The minimum absolute atomic E-state index is 0.0815. The molecule has 0 unspecified atom stereocenters.